The van der Waals surface area contributed by atoms with Crippen molar-refractivity contribution >= 4 is 63.9 Å². The number of benzene rings is 2. The van der Waals surface area contributed by atoms with Crippen LogP contribution in [0.1, 0.15) is 10.4 Å². The molecule has 0 unspecified atom stereocenters. The van der Waals surface area contributed by atoms with Crippen LogP contribution in [0.15, 0.2) is 36.4 Å². The Kier molecular flexibility index (Phi) is 6.13. The van der Waals surface area contributed by atoms with Gasteiger partial charge < -0.3 is 10.6 Å². The molecule has 0 spiro atoms. The standard InChI is InChI=1S/C15H10Cl4N2O2/c16-9-5-4-8(6-12(9)19)15(23)20-7-13(22)21-14-10(17)2-1-3-11(14)18/h1-6H,7H2,(H,20,23)(H,21,22). The van der Waals surface area contributed by atoms with Crippen LogP contribution in [0.25, 0.3) is 0 Å². The average Bonchev–Trinajstić information content (AvgIpc) is 2.51. The molecule has 8 heteroatoms. The molecule has 0 bridgehead atoms. The van der Waals surface area contributed by atoms with E-state index in [0.717, 1.165) is 0 Å². The lowest BCUT2D eigenvalue weighted by Gasteiger charge is -2.10. The fraction of sp³-hybridized carbons (Fsp3) is 0.0667. The van der Waals surface area contributed by atoms with Crippen LogP contribution in [-0.4, -0.2) is 18.4 Å². The van der Waals surface area contributed by atoms with Gasteiger partial charge in [-0.15, -0.1) is 0 Å². The molecule has 0 aromatic heterocycles. The third kappa shape index (κ3) is 4.75. The van der Waals surface area contributed by atoms with Crippen molar-refractivity contribution in [2.45, 2.75) is 0 Å². The van der Waals surface area contributed by atoms with Gasteiger partial charge in [0.15, 0.2) is 0 Å². The molecule has 2 N–H and O–H groups in total. The molecule has 0 atom stereocenters. The number of carbonyl (C=O) groups is 2. The van der Waals surface area contributed by atoms with Gasteiger partial charge in [-0.25, -0.2) is 0 Å². The van der Waals surface area contributed by atoms with Gasteiger partial charge in [0.2, 0.25) is 5.91 Å². The van der Waals surface area contributed by atoms with Crippen molar-refractivity contribution in [3.63, 3.8) is 0 Å². The Morgan fingerprint density at radius 3 is 2.13 bits per heavy atom. The van der Waals surface area contributed by atoms with Crippen molar-refractivity contribution in [2.75, 3.05) is 11.9 Å². The molecule has 0 fully saturated rings. The summed E-state index contributed by atoms with van der Waals surface area (Å²) in [6.45, 7) is -0.249. The number of hydrogen-bond acceptors (Lipinski definition) is 2. The minimum absolute atomic E-state index is 0.249. The number of anilines is 1. The van der Waals surface area contributed by atoms with Crippen molar-refractivity contribution in [3.05, 3.63) is 62.1 Å². The van der Waals surface area contributed by atoms with Gasteiger partial charge in [0.05, 0.1) is 32.3 Å². The molecule has 2 rings (SSSR count). The number of nitrogens with one attached hydrogen (secondary N) is 2. The summed E-state index contributed by atoms with van der Waals surface area (Å²) in [5.41, 5.74) is 0.590. The third-order valence-corrected chi connectivity index (χ3v) is 4.19. The van der Waals surface area contributed by atoms with Crippen LogP contribution in [0.4, 0.5) is 5.69 Å². The molecule has 23 heavy (non-hydrogen) atoms. The topological polar surface area (TPSA) is 58.2 Å². The van der Waals surface area contributed by atoms with Gasteiger partial charge in [0.25, 0.3) is 5.91 Å². The van der Waals surface area contributed by atoms with Gasteiger partial charge in [-0.2, -0.15) is 0 Å². The first-order valence-electron chi connectivity index (χ1n) is 6.35. The zero-order chi connectivity index (χ0) is 17.0. The Bertz CT molecular complexity index is 745. The van der Waals surface area contributed by atoms with E-state index in [9.17, 15) is 9.59 Å². The average molecular weight is 392 g/mol. The van der Waals surface area contributed by atoms with Crippen LogP contribution in [0.5, 0.6) is 0 Å². The van der Waals surface area contributed by atoms with E-state index in [1.54, 1.807) is 18.2 Å². The molecule has 2 aromatic rings. The van der Waals surface area contributed by atoms with Crippen molar-refractivity contribution in [2.24, 2.45) is 0 Å². The molecular weight excluding hydrogens is 382 g/mol. The fourth-order valence-corrected chi connectivity index (χ4v) is 2.49. The molecule has 0 aliphatic rings. The monoisotopic (exact) mass is 390 g/mol. The first-order chi connectivity index (χ1) is 10.9. The van der Waals surface area contributed by atoms with E-state index in [-0.39, 0.29) is 11.6 Å². The Hall–Kier alpha value is -1.46. The SMILES string of the molecule is O=C(CNC(=O)c1ccc(Cl)c(Cl)c1)Nc1c(Cl)cccc1Cl. The summed E-state index contributed by atoms with van der Waals surface area (Å²) in [7, 11) is 0. The van der Waals surface area contributed by atoms with Gasteiger partial charge >= 0.3 is 0 Å². The van der Waals surface area contributed by atoms with Crippen molar-refractivity contribution in [3.8, 4) is 0 Å². The maximum Gasteiger partial charge on any atom is 0.251 e. The van der Waals surface area contributed by atoms with E-state index in [1.807, 2.05) is 0 Å². The number of rotatable bonds is 4. The molecule has 0 saturated heterocycles. The maximum absolute atomic E-state index is 12.0. The van der Waals surface area contributed by atoms with Crippen LogP contribution in [-0.2, 0) is 4.79 Å². The Morgan fingerprint density at radius 1 is 0.870 bits per heavy atom. The third-order valence-electron chi connectivity index (χ3n) is 2.82. The number of carbonyl (C=O) groups excluding carboxylic acids is 2. The molecule has 120 valence electrons. The largest absolute Gasteiger partial charge is 0.343 e. The normalized spacial score (nSPS) is 10.3. The summed E-state index contributed by atoms with van der Waals surface area (Å²) in [5, 5.41) is 6.22. The van der Waals surface area contributed by atoms with E-state index >= 15 is 0 Å². The lowest BCUT2D eigenvalue weighted by Crippen LogP contribution is -2.33. The first-order valence-corrected chi connectivity index (χ1v) is 7.87. The summed E-state index contributed by atoms with van der Waals surface area (Å²) in [5.74, 6) is -0.919. The van der Waals surface area contributed by atoms with E-state index < -0.39 is 11.8 Å². The number of hydrogen-bond donors (Lipinski definition) is 2. The van der Waals surface area contributed by atoms with E-state index in [1.165, 1.54) is 18.2 Å². The molecule has 2 aromatic carbocycles. The lowest BCUT2D eigenvalue weighted by atomic mass is 10.2. The fourth-order valence-electron chi connectivity index (χ4n) is 1.70. The van der Waals surface area contributed by atoms with Crippen LogP contribution in [0.2, 0.25) is 20.1 Å². The zero-order valence-corrected chi connectivity index (χ0v) is 14.5. The van der Waals surface area contributed by atoms with Gasteiger partial charge in [0.1, 0.15) is 0 Å². The number of amides is 2. The highest BCUT2D eigenvalue weighted by molar-refractivity contribution is 6.42. The summed E-state index contributed by atoms with van der Waals surface area (Å²) >= 11 is 23.5. The van der Waals surface area contributed by atoms with Crippen molar-refractivity contribution < 1.29 is 9.59 Å². The van der Waals surface area contributed by atoms with Gasteiger partial charge in [-0.05, 0) is 30.3 Å². The van der Waals surface area contributed by atoms with Crippen molar-refractivity contribution in [1.82, 2.24) is 5.32 Å². The molecular formula is C15H10Cl4N2O2. The van der Waals surface area contributed by atoms with Gasteiger partial charge in [0, 0.05) is 5.56 Å². The lowest BCUT2D eigenvalue weighted by molar-refractivity contribution is -0.115. The Labute approximate surface area is 152 Å². The van der Waals surface area contributed by atoms with Crippen LogP contribution < -0.4 is 10.6 Å². The second kappa shape index (κ2) is 7.88. The molecule has 0 saturated carbocycles. The molecule has 4 nitrogen and oxygen atoms in total. The summed E-state index contributed by atoms with van der Waals surface area (Å²) in [4.78, 5) is 23.8. The van der Waals surface area contributed by atoms with E-state index in [0.29, 0.717) is 26.3 Å². The van der Waals surface area contributed by atoms with Crippen LogP contribution in [0.3, 0.4) is 0 Å². The number of para-hydroxylation sites is 1. The van der Waals surface area contributed by atoms with Crippen LogP contribution in [0, 0.1) is 0 Å². The summed E-state index contributed by atoms with van der Waals surface area (Å²) < 4.78 is 0. The second-order valence-corrected chi connectivity index (χ2v) is 6.09. The van der Waals surface area contributed by atoms with Crippen molar-refractivity contribution in [1.29, 1.82) is 0 Å². The number of halogens is 4. The van der Waals surface area contributed by atoms with Crippen LogP contribution >= 0.6 is 46.4 Å². The van der Waals surface area contributed by atoms with Gasteiger partial charge in [-0.1, -0.05) is 52.5 Å². The Balaban J connectivity index is 1.96. The summed E-state index contributed by atoms with van der Waals surface area (Å²) in [6, 6.07) is 9.28. The van der Waals surface area contributed by atoms with E-state index in [4.69, 9.17) is 46.4 Å². The second-order valence-electron chi connectivity index (χ2n) is 4.46. The minimum Gasteiger partial charge on any atom is -0.343 e. The molecule has 0 aliphatic heterocycles. The quantitative estimate of drug-likeness (QED) is 0.795. The van der Waals surface area contributed by atoms with Gasteiger partial charge in [-0.3, -0.25) is 9.59 Å². The molecule has 0 heterocycles. The highest BCUT2D eigenvalue weighted by Crippen LogP contribution is 2.29. The molecule has 0 radical (unpaired) electrons. The minimum atomic E-state index is -0.464. The highest BCUT2D eigenvalue weighted by atomic mass is 35.5. The summed E-state index contributed by atoms with van der Waals surface area (Å²) in [6.07, 6.45) is 0. The highest BCUT2D eigenvalue weighted by Gasteiger charge is 2.12. The predicted octanol–water partition coefficient (Wildman–Crippen LogP) is 4.67. The predicted molar refractivity (Wildman–Crippen MR) is 93.9 cm³/mol. The molecule has 2 amide bonds. The smallest absolute Gasteiger partial charge is 0.251 e. The first kappa shape index (κ1) is 17.9. The zero-order valence-electron chi connectivity index (χ0n) is 11.5. The van der Waals surface area contributed by atoms with E-state index in [2.05, 4.69) is 10.6 Å². The Morgan fingerprint density at radius 2 is 1.52 bits per heavy atom. The molecule has 0 aliphatic carbocycles. The maximum atomic E-state index is 12.0.